The summed E-state index contributed by atoms with van der Waals surface area (Å²) < 4.78 is 2.29. The Labute approximate surface area is 118 Å². The van der Waals surface area contributed by atoms with Gasteiger partial charge in [0.25, 0.3) is 0 Å². The lowest BCUT2D eigenvalue weighted by atomic mass is 9.85. The van der Waals surface area contributed by atoms with Crippen LogP contribution in [0.2, 0.25) is 0 Å². The molecule has 16 heavy (non-hydrogen) atoms. The van der Waals surface area contributed by atoms with Crippen LogP contribution in [0.3, 0.4) is 0 Å². The third-order valence-corrected chi connectivity index (χ3v) is 6.73. The highest BCUT2D eigenvalue weighted by atomic mass is 79.9. The van der Waals surface area contributed by atoms with Gasteiger partial charge in [-0.2, -0.15) is 0 Å². The first kappa shape index (κ1) is 13.1. The Morgan fingerprint density at radius 3 is 2.56 bits per heavy atom. The van der Waals surface area contributed by atoms with E-state index in [9.17, 15) is 0 Å². The van der Waals surface area contributed by atoms with Crippen molar-refractivity contribution < 1.29 is 0 Å². The van der Waals surface area contributed by atoms with Crippen LogP contribution in [0.25, 0.3) is 0 Å². The number of nitrogens with two attached hydrogens (primary N) is 1. The summed E-state index contributed by atoms with van der Waals surface area (Å²) >= 11 is 8.80. The zero-order valence-corrected chi connectivity index (χ0v) is 13.2. The molecule has 1 atom stereocenters. The van der Waals surface area contributed by atoms with Crippen LogP contribution in [-0.4, -0.2) is 0 Å². The van der Waals surface area contributed by atoms with Gasteiger partial charge in [0.05, 0.1) is 3.79 Å². The molecule has 0 aliphatic heterocycles. The third-order valence-electron chi connectivity index (χ3n) is 3.34. The first-order valence-electron chi connectivity index (χ1n) is 5.87. The van der Waals surface area contributed by atoms with Gasteiger partial charge in [-0.05, 0) is 50.3 Å². The van der Waals surface area contributed by atoms with E-state index in [-0.39, 0.29) is 6.04 Å². The summed E-state index contributed by atoms with van der Waals surface area (Å²) in [5.74, 6) is 0.850. The van der Waals surface area contributed by atoms with Crippen LogP contribution >= 0.6 is 43.2 Å². The number of thiophene rings is 1. The highest BCUT2D eigenvalue weighted by Crippen LogP contribution is 2.38. The highest BCUT2D eigenvalue weighted by molar-refractivity contribution is 9.13. The Morgan fingerprint density at radius 1 is 1.31 bits per heavy atom. The van der Waals surface area contributed by atoms with Crippen molar-refractivity contribution in [1.82, 2.24) is 0 Å². The van der Waals surface area contributed by atoms with Gasteiger partial charge >= 0.3 is 0 Å². The summed E-state index contributed by atoms with van der Waals surface area (Å²) in [6.45, 7) is 0. The molecule has 4 heteroatoms. The summed E-state index contributed by atoms with van der Waals surface area (Å²) in [5.41, 5.74) is 6.28. The lowest BCUT2D eigenvalue weighted by Gasteiger charge is -2.24. The fraction of sp³-hybridized carbons (Fsp3) is 0.667. The number of hydrogen-bond donors (Lipinski definition) is 1. The second kappa shape index (κ2) is 5.98. The molecule has 0 spiro atoms. The zero-order chi connectivity index (χ0) is 11.5. The van der Waals surface area contributed by atoms with E-state index in [0.29, 0.717) is 0 Å². The first-order chi connectivity index (χ1) is 7.66. The van der Waals surface area contributed by atoms with Crippen molar-refractivity contribution >= 4 is 43.2 Å². The van der Waals surface area contributed by atoms with E-state index < -0.39 is 0 Å². The minimum atomic E-state index is 0.218. The van der Waals surface area contributed by atoms with E-state index in [1.165, 1.54) is 37.0 Å². The maximum Gasteiger partial charge on any atom is 0.0843 e. The summed E-state index contributed by atoms with van der Waals surface area (Å²) in [4.78, 5) is 1.30. The molecule has 1 saturated carbocycles. The van der Waals surface area contributed by atoms with Gasteiger partial charge in [-0.3, -0.25) is 0 Å². The van der Waals surface area contributed by atoms with Gasteiger partial charge in [-0.1, -0.05) is 32.1 Å². The first-order valence-corrected chi connectivity index (χ1v) is 8.27. The molecule has 1 fully saturated rings. The van der Waals surface area contributed by atoms with Gasteiger partial charge in [0.15, 0.2) is 0 Å². The predicted molar refractivity (Wildman–Crippen MR) is 77.8 cm³/mol. The maximum absolute atomic E-state index is 6.28. The van der Waals surface area contributed by atoms with Crippen LogP contribution in [-0.2, 0) is 0 Å². The molecule has 1 aromatic rings. The smallest absolute Gasteiger partial charge is 0.0843 e. The lowest BCUT2D eigenvalue weighted by Crippen LogP contribution is -2.16. The average molecular weight is 367 g/mol. The topological polar surface area (TPSA) is 26.0 Å². The molecule has 1 aliphatic carbocycles. The van der Waals surface area contributed by atoms with E-state index in [0.717, 1.165) is 20.6 Å². The zero-order valence-electron chi connectivity index (χ0n) is 9.22. The molecule has 90 valence electrons. The van der Waals surface area contributed by atoms with Gasteiger partial charge in [-0.15, -0.1) is 11.3 Å². The van der Waals surface area contributed by atoms with Crippen molar-refractivity contribution in [3.8, 4) is 0 Å². The fourth-order valence-corrected chi connectivity index (χ4v) is 4.55. The molecule has 2 N–H and O–H groups in total. The maximum atomic E-state index is 6.28. The van der Waals surface area contributed by atoms with E-state index in [2.05, 4.69) is 37.9 Å². The molecule has 1 unspecified atom stereocenters. The molecule has 1 nitrogen and oxygen atoms in total. The molecule has 1 aliphatic rings. The normalized spacial score (nSPS) is 19.9. The van der Waals surface area contributed by atoms with Crippen LogP contribution in [0.1, 0.15) is 49.4 Å². The predicted octanol–water partition coefficient (Wildman–Crippen LogP) is 5.24. The van der Waals surface area contributed by atoms with E-state index in [1.54, 1.807) is 11.3 Å². The largest absolute Gasteiger partial charge is 0.323 e. The Kier molecular flexibility index (Phi) is 4.89. The van der Waals surface area contributed by atoms with E-state index in [1.807, 2.05) is 0 Å². The second-order valence-corrected chi connectivity index (χ2v) is 7.87. The fourth-order valence-electron chi connectivity index (χ4n) is 2.44. The van der Waals surface area contributed by atoms with Crippen LogP contribution in [0.5, 0.6) is 0 Å². The van der Waals surface area contributed by atoms with Crippen LogP contribution in [0.4, 0.5) is 0 Å². The van der Waals surface area contributed by atoms with Gasteiger partial charge in [0.1, 0.15) is 0 Å². The Balaban J connectivity index is 1.93. The van der Waals surface area contributed by atoms with Gasteiger partial charge < -0.3 is 5.73 Å². The number of halogens is 2. The Bertz CT molecular complexity index is 325. The summed E-state index contributed by atoms with van der Waals surface area (Å²) in [7, 11) is 0. The SMILES string of the molecule is NC(CC1CCCCC1)c1cc(Br)c(Br)s1. The molecule has 0 bridgehead atoms. The van der Waals surface area contributed by atoms with Crippen molar-refractivity contribution in [2.24, 2.45) is 11.7 Å². The van der Waals surface area contributed by atoms with E-state index >= 15 is 0 Å². The third kappa shape index (κ3) is 3.31. The lowest BCUT2D eigenvalue weighted by molar-refractivity contribution is 0.320. The highest BCUT2D eigenvalue weighted by Gasteiger charge is 2.19. The second-order valence-electron chi connectivity index (χ2n) is 4.62. The van der Waals surface area contributed by atoms with Crippen LogP contribution < -0.4 is 5.73 Å². The van der Waals surface area contributed by atoms with Crippen LogP contribution in [0.15, 0.2) is 14.3 Å². The van der Waals surface area contributed by atoms with Gasteiger partial charge in [0, 0.05) is 15.4 Å². The molecule has 1 aromatic heterocycles. The molecular formula is C12H17Br2NS. The van der Waals surface area contributed by atoms with Gasteiger partial charge in [0.2, 0.25) is 0 Å². The molecule has 0 saturated heterocycles. The molecule has 0 radical (unpaired) electrons. The van der Waals surface area contributed by atoms with Crippen molar-refractivity contribution in [3.05, 3.63) is 19.2 Å². The van der Waals surface area contributed by atoms with E-state index in [4.69, 9.17) is 5.73 Å². The number of rotatable bonds is 3. The van der Waals surface area contributed by atoms with Crippen molar-refractivity contribution in [2.45, 2.75) is 44.6 Å². The van der Waals surface area contributed by atoms with Crippen molar-refractivity contribution in [1.29, 1.82) is 0 Å². The monoisotopic (exact) mass is 365 g/mol. The average Bonchev–Trinajstić information content (AvgIpc) is 2.61. The summed E-state index contributed by atoms with van der Waals surface area (Å²) in [6.07, 6.45) is 8.12. The minimum absolute atomic E-state index is 0.218. The summed E-state index contributed by atoms with van der Waals surface area (Å²) in [5, 5.41) is 0. The molecule has 2 rings (SSSR count). The Hall–Kier alpha value is 0.620. The van der Waals surface area contributed by atoms with Gasteiger partial charge in [-0.25, -0.2) is 0 Å². The molecule has 1 heterocycles. The minimum Gasteiger partial charge on any atom is -0.323 e. The van der Waals surface area contributed by atoms with Crippen molar-refractivity contribution in [3.63, 3.8) is 0 Å². The van der Waals surface area contributed by atoms with Crippen LogP contribution in [0, 0.1) is 5.92 Å². The quantitative estimate of drug-likeness (QED) is 0.777. The summed E-state index contributed by atoms with van der Waals surface area (Å²) in [6, 6.07) is 2.37. The Morgan fingerprint density at radius 2 is 2.00 bits per heavy atom. The molecule has 0 amide bonds. The standard InChI is InChI=1S/C12H17Br2NS/c13-9-7-11(16-12(9)14)10(15)6-8-4-2-1-3-5-8/h7-8,10H,1-6,15H2. The number of hydrogen-bond acceptors (Lipinski definition) is 2. The molecule has 0 aromatic carbocycles. The van der Waals surface area contributed by atoms with Crippen molar-refractivity contribution in [2.75, 3.05) is 0 Å². The molecular weight excluding hydrogens is 350 g/mol.